The van der Waals surface area contributed by atoms with Gasteiger partial charge in [-0.1, -0.05) is 132 Å². The van der Waals surface area contributed by atoms with Crippen molar-refractivity contribution in [3.05, 3.63) is 0 Å². The molecule has 0 rings (SSSR count). The summed E-state index contributed by atoms with van der Waals surface area (Å²) < 4.78 is 11.2. The summed E-state index contributed by atoms with van der Waals surface area (Å²) in [5.74, 6) is -0.524. The summed E-state index contributed by atoms with van der Waals surface area (Å²) in [5, 5.41) is 0. The van der Waals surface area contributed by atoms with Crippen molar-refractivity contribution in [2.75, 3.05) is 13.2 Å². The highest BCUT2D eigenvalue weighted by molar-refractivity contribution is 5.83. The first-order valence-corrected chi connectivity index (χ1v) is 14.2. The average molecular weight is 483 g/mol. The van der Waals surface area contributed by atoms with Gasteiger partial charge in [-0.05, 0) is 23.7 Å². The lowest BCUT2D eigenvalue weighted by Crippen LogP contribution is -2.37. The van der Waals surface area contributed by atoms with Gasteiger partial charge in [0.1, 0.15) is 0 Å². The third kappa shape index (κ3) is 17.4. The topological polar surface area (TPSA) is 52.6 Å². The van der Waals surface area contributed by atoms with Crippen LogP contribution in [0, 0.1) is 16.2 Å². The van der Waals surface area contributed by atoms with E-state index in [2.05, 4.69) is 27.7 Å². The van der Waals surface area contributed by atoms with Crippen LogP contribution in [0.1, 0.15) is 152 Å². The van der Waals surface area contributed by atoms with E-state index in [1.165, 1.54) is 64.2 Å². The zero-order valence-electron chi connectivity index (χ0n) is 24.2. The Morgan fingerprint density at radius 1 is 0.588 bits per heavy atom. The zero-order chi connectivity index (χ0) is 26.1. The van der Waals surface area contributed by atoms with Crippen molar-refractivity contribution in [1.29, 1.82) is 0 Å². The second-order valence-corrected chi connectivity index (χ2v) is 12.8. The van der Waals surface area contributed by atoms with Gasteiger partial charge in [0.2, 0.25) is 0 Å². The van der Waals surface area contributed by atoms with Crippen molar-refractivity contribution in [1.82, 2.24) is 0 Å². The Labute approximate surface area is 212 Å². The molecule has 0 radical (unpaired) electrons. The number of ether oxygens (including phenoxy) is 2. The van der Waals surface area contributed by atoms with Crippen LogP contribution in [0.2, 0.25) is 0 Å². The molecule has 0 heterocycles. The van der Waals surface area contributed by atoms with Crippen LogP contribution in [-0.4, -0.2) is 25.2 Å². The smallest absolute Gasteiger partial charge is 0.312 e. The first-order valence-electron chi connectivity index (χ1n) is 14.2. The van der Waals surface area contributed by atoms with Crippen LogP contribution in [0.25, 0.3) is 0 Å². The molecule has 0 aliphatic heterocycles. The minimum absolute atomic E-state index is 0.0905. The first-order chi connectivity index (χ1) is 15.9. The lowest BCUT2D eigenvalue weighted by Gasteiger charge is -2.31. The number of hydrogen-bond donors (Lipinski definition) is 0. The first kappa shape index (κ1) is 32.9. The summed E-state index contributed by atoms with van der Waals surface area (Å²) >= 11 is 0. The van der Waals surface area contributed by atoms with Crippen molar-refractivity contribution >= 4 is 11.9 Å². The highest BCUT2D eigenvalue weighted by atomic mass is 16.5. The highest BCUT2D eigenvalue weighted by Gasteiger charge is 2.41. The molecule has 4 heteroatoms. The quantitative estimate of drug-likeness (QED) is 0.136. The molecule has 0 aromatic heterocycles. The molecule has 0 fully saturated rings. The highest BCUT2D eigenvalue weighted by Crippen LogP contribution is 2.36. The summed E-state index contributed by atoms with van der Waals surface area (Å²) in [6.07, 6.45) is 16.7. The van der Waals surface area contributed by atoms with Gasteiger partial charge in [0.25, 0.3) is 0 Å². The SMILES string of the molecule is CCCCCCCCCCCCCCC(CC)(CC(=O)OCC(C)(C)C)C(=O)OCC(C)(C)C. The van der Waals surface area contributed by atoms with E-state index in [0.29, 0.717) is 26.1 Å². The number of carbonyl (C=O) groups is 2. The fraction of sp³-hybridized carbons (Fsp3) is 0.933. The molecule has 202 valence electrons. The van der Waals surface area contributed by atoms with E-state index in [1.807, 2.05) is 27.7 Å². The van der Waals surface area contributed by atoms with Crippen molar-refractivity contribution in [2.24, 2.45) is 16.2 Å². The van der Waals surface area contributed by atoms with Crippen LogP contribution >= 0.6 is 0 Å². The van der Waals surface area contributed by atoms with Crippen LogP contribution in [0.15, 0.2) is 0 Å². The van der Waals surface area contributed by atoms with Crippen molar-refractivity contribution in [3.8, 4) is 0 Å². The third-order valence-electron chi connectivity index (χ3n) is 6.40. The molecule has 0 N–H and O–H groups in total. The molecule has 4 nitrogen and oxygen atoms in total. The van der Waals surface area contributed by atoms with E-state index in [1.54, 1.807) is 0 Å². The van der Waals surface area contributed by atoms with E-state index in [-0.39, 0.29) is 29.2 Å². The summed E-state index contributed by atoms with van der Waals surface area (Å²) in [6.45, 7) is 17.3. The van der Waals surface area contributed by atoms with Crippen LogP contribution in [0.4, 0.5) is 0 Å². The molecule has 34 heavy (non-hydrogen) atoms. The number of hydrogen-bond acceptors (Lipinski definition) is 4. The van der Waals surface area contributed by atoms with Gasteiger partial charge in [-0.2, -0.15) is 0 Å². The van der Waals surface area contributed by atoms with E-state index in [0.717, 1.165) is 12.8 Å². The Bertz CT molecular complexity index is 541. The molecule has 0 amide bonds. The fourth-order valence-electron chi connectivity index (χ4n) is 4.07. The molecule has 0 bridgehead atoms. The lowest BCUT2D eigenvalue weighted by molar-refractivity contribution is -0.166. The Kier molecular flexibility index (Phi) is 16.8. The van der Waals surface area contributed by atoms with Crippen LogP contribution in [0.3, 0.4) is 0 Å². The van der Waals surface area contributed by atoms with Gasteiger partial charge in [0, 0.05) is 0 Å². The van der Waals surface area contributed by atoms with Gasteiger partial charge >= 0.3 is 11.9 Å². The predicted octanol–water partition coefficient (Wildman–Crippen LogP) is 9.04. The standard InChI is InChI=1S/C30H58O4/c1-9-11-12-13-14-15-16-17-18-19-20-21-22-30(10-2,27(32)34-25-29(6,7)8)23-26(31)33-24-28(3,4)5/h9-25H2,1-8H3. The minimum atomic E-state index is -0.779. The van der Waals surface area contributed by atoms with E-state index < -0.39 is 5.41 Å². The summed E-state index contributed by atoms with van der Waals surface area (Å²) in [5.41, 5.74) is -0.969. The van der Waals surface area contributed by atoms with Gasteiger partial charge in [0.05, 0.1) is 25.0 Å². The minimum Gasteiger partial charge on any atom is -0.465 e. The van der Waals surface area contributed by atoms with Gasteiger partial charge in [-0.25, -0.2) is 0 Å². The van der Waals surface area contributed by atoms with E-state index >= 15 is 0 Å². The molecular weight excluding hydrogens is 424 g/mol. The predicted molar refractivity (Wildman–Crippen MR) is 144 cm³/mol. The molecule has 0 saturated heterocycles. The normalized spacial score (nSPS) is 14.0. The van der Waals surface area contributed by atoms with Gasteiger partial charge < -0.3 is 9.47 Å². The maximum absolute atomic E-state index is 13.2. The maximum atomic E-state index is 13.2. The molecular formula is C30H58O4. The van der Waals surface area contributed by atoms with Crippen molar-refractivity contribution < 1.29 is 19.1 Å². The number of unbranched alkanes of at least 4 members (excludes halogenated alkanes) is 11. The lowest BCUT2D eigenvalue weighted by atomic mass is 9.77. The second kappa shape index (κ2) is 17.4. The Morgan fingerprint density at radius 3 is 1.41 bits per heavy atom. The molecule has 0 aromatic rings. The number of rotatable bonds is 19. The van der Waals surface area contributed by atoms with Crippen LogP contribution in [-0.2, 0) is 19.1 Å². The number of carbonyl (C=O) groups excluding carboxylic acids is 2. The van der Waals surface area contributed by atoms with E-state index in [9.17, 15) is 9.59 Å². The molecule has 0 saturated carbocycles. The molecule has 0 aliphatic carbocycles. The largest absolute Gasteiger partial charge is 0.465 e. The molecule has 1 atom stereocenters. The maximum Gasteiger partial charge on any atom is 0.312 e. The average Bonchev–Trinajstić information content (AvgIpc) is 2.75. The van der Waals surface area contributed by atoms with Gasteiger partial charge in [-0.3, -0.25) is 9.59 Å². The van der Waals surface area contributed by atoms with Gasteiger partial charge in [0.15, 0.2) is 0 Å². The zero-order valence-corrected chi connectivity index (χ0v) is 24.2. The molecule has 1 unspecified atom stereocenters. The molecule has 0 spiro atoms. The second-order valence-electron chi connectivity index (χ2n) is 12.8. The Balaban J connectivity index is 4.61. The number of esters is 2. The van der Waals surface area contributed by atoms with Crippen molar-refractivity contribution in [3.63, 3.8) is 0 Å². The summed E-state index contributed by atoms with van der Waals surface area (Å²) in [6, 6.07) is 0. The van der Waals surface area contributed by atoms with Crippen molar-refractivity contribution in [2.45, 2.75) is 152 Å². The molecule has 0 aliphatic rings. The summed E-state index contributed by atoms with van der Waals surface area (Å²) in [4.78, 5) is 25.8. The van der Waals surface area contributed by atoms with Gasteiger partial charge in [-0.15, -0.1) is 0 Å². The fourth-order valence-corrected chi connectivity index (χ4v) is 4.07. The monoisotopic (exact) mass is 482 g/mol. The third-order valence-corrected chi connectivity index (χ3v) is 6.40. The van der Waals surface area contributed by atoms with E-state index in [4.69, 9.17) is 9.47 Å². The van der Waals surface area contributed by atoms with Crippen LogP contribution in [0.5, 0.6) is 0 Å². The summed E-state index contributed by atoms with van der Waals surface area (Å²) in [7, 11) is 0. The van der Waals surface area contributed by atoms with Crippen LogP contribution < -0.4 is 0 Å². The molecule has 0 aromatic carbocycles. The Morgan fingerprint density at radius 2 is 1.00 bits per heavy atom. The Hall–Kier alpha value is -1.06.